The Morgan fingerprint density at radius 1 is 1.04 bits per heavy atom. The van der Waals surface area contributed by atoms with Crippen molar-refractivity contribution in [1.82, 2.24) is 5.32 Å². The molecule has 3 N–H and O–H groups in total. The Balaban J connectivity index is 1.40. The van der Waals surface area contributed by atoms with Gasteiger partial charge in [0.05, 0.1) is 5.41 Å². The van der Waals surface area contributed by atoms with Gasteiger partial charge in [0.2, 0.25) is 11.8 Å². The van der Waals surface area contributed by atoms with Gasteiger partial charge in [-0.25, -0.2) is 0 Å². The van der Waals surface area contributed by atoms with Crippen LogP contribution in [-0.2, 0) is 15.0 Å². The molecule has 0 unspecified atom stereocenters. The molecule has 26 heavy (non-hydrogen) atoms. The molecule has 2 aromatic carbocycles. The second kappa shape index (κ2) is 5.83. The first-order chi connectivity index (χ1) is 12.3. The van der Waals surface area contributed by atoms with E-state index in [1.165, 1.54) is 5.39 Å². The molecule has 0 atom stereocenters. The highest BCUT2D eigenvalue weighted by molar-refractivity contribution is 5.90. The van der Waals surface area contributed by atoms with E-state index in [0.29, 0.717) is 0 Å². The molecule has 0 aliphatic heterocycles. The lowest BCUT2D eigenvalue weighted by Gasteiger charge is -2.57. The van der Waals surface area contributed by atoms with Crippen LogP contribution >= 0.6 is 0 Å². The normalized spacial score (nSPS) is 27.6. The fraction of sp³-hybridized carbons (Fsp3) is 0.455. The first-order valence-corrected chi connectivity index (χ1v) is 9.39. The fourth-order valence-electron chi connectivity index (χ4n) is 4.68. The zero-order valence-electron chi connectivity index (χ0n) is 15.4. The van der Waals surface area contributed by atoms with Gasteiger partial charge in [-0.1, -0.05) is 42.5 Å². The van der Waals surface area contributed by atoms with Gasteiger partial charge in [0, 0.05) is 12.0 Å². The first-order valence-electron chi connectivity index (χ1n) is 9.39. The van der Waals surface area contributed by atoms with Gasteiger partial charge in [0.15, 0.2) is 0 Å². The van der Waals surface area contributed by atoms with Gasteiger partial charge in [0.25, 0.3) is 0 Å². The van der Waals surface area contributed by atoms with E-state index in [1.54, 1.807) is 0 Å². The van der Waals surface area contributed by atoms with E-state index in [9.17, 15) is 9.59 Å². The Morgan fingerprint density at radius 3 is 2.35 bits per heavy atom. The van der Waals surface area contributed by atoms with Crippen LogP contribution in [0.15, 0.2) is 42.5 Å². The van der Waals surface area contributed by atoms with Crippen molar-refractivity contribution in [2.24, 2.45) is 17.1 Å². The van der Waals surface area contributed by atoms with Gasteiger partial charge in [-0.2, -0.15) is 0 Å². The molecule has 2 aliphatic carbocycles. The summed E-state index contributed by atoms with van der Waals surface area (Å²) in [7, 11) is 0. The fourth-order valence-corrected chi connectivity index (χ4v) is 4.68. The Bertz CT molecular complexity index is 873. The third-order valence-electron chi connectivity index (χ3n) is 6.49. The molecule has 136 valence electrons. The predicted molar refractivity (Wildman–Crippen MR) is 102 cm³/mol. The van der Waals surface area contributed by atoms with E-state index >= 15 is 0 Å². The van der Waals surface area contributed by atoms with Gasteiger partial charge in [-0.3, -0.25) is 9.59 Å². The molecule has 0 radical (unpaired) electrons. The van der Waals surface area contributed by atoms with Crippen molar-refractivity contribution in [3.63, 3.8) is 0 Å². The highest BCUT2D eigenvalue weighted by atomic mass is 16.2. The van der Waals surface area contributed by atoms with Crippen molar-refractivity contribution in [3.05, 3.63) is 48.0 Å². The van der Waals surface area contributed by atoms with Gasteiger partial charge in [-0.05, 0) is 61.3 Å². The molecule has 2 saturated carbocycles. The molecule has 0 bridgehead atoms. The lowest BCUT2D eigenvalue weighted by molar-refractivity contribution is -0.139. The summed E-state index contributed by atoms with van der Waals surface area (Å²) < 4.78 is 0. The van der Waals surface area contributed by atoms with Crippen molar-refractivity contribution >= 4 is 22.6 Å². The van der Waals surface area contributed by atoms with Crippen LogP contribution < -0.4 is 11.1 Å². The maximum absolute atomic E-state index is 12.9. The number of carbonyl (C=O) groups is 2. The number of primary amides is 1. The zero-order chi connectivity index (χ0) is 18.5. The maximum Gasteiger partial charge on any atom is 0.230 e. The zero-order valence-corrected chi connectivity index (χ0v) is 15.4. The third kappa shape index (κ3) is 2.77. The van der Waals surface area contributed by atoms with Crippen molar-refractivity contribution in [2.45, 2.75) is 51.0 Å². The standard InChI is InChI=1S/C22H26N2O2/c1-21(2,17-8-7-14-5-3-4-6-15(14)9-17)20(26)24-18-12-22(13-18)10-16(11-22)19(23)25/h3-9,16,18H,10-13H2,1-2H3,(H2,23,25)(H,24,26). The number of amides is 2. The highest BCUT2D eigenvalue weighted by Crippen LogP contribution is 2.58. The molecule has 2 amide bonds. The van der Waals surface area contributed by atoms with Crippen LogP contribution in [0.1, 0.15) is 45.1 Å². The summed E-state index contributed by atoms with van der Waals surface area (Å²) in [5.41, 5.74) is 6.07. The number of carbonyl (C=O) groups excluding carboxylic acids is 2. The van der Waals surface area contributed by atoms with Gasteiger partial charge < -0.3 is 11.1 Å². The van der Waals surface area contributed by atoms with E-state index in [1.807, 2.05) is 32.0 Å². The largest absolute Gasteiger partial charge is 0.369 e. The molecule has 0 aromatic heterocycles. The summed E-state index contributed by atoms with van der Waals surface area (Å²) >= 11 is 0. The summed E-state index contributed by atoms with van der Waals surface area (Å²) in [6.45, 7) is 3.96. The maximum atomic E-state index is 12.9. The number of hydrogen-bond donors (Lipinski definition) is 2. The average molecular weight is 350 g/mol. The van der Waals surface area contributed by atoms with E-state index < -0.39 is 5.41 Å². The lowest BCUT2D eigenvalue weighted by atomic mass is 9.50. The van der Waals surface area contributed by atoms with Crippen LogP contribution in [0, 0.1) is 11.3 Å². The predicted octanol–water partition coefficient (Wildman–Crippen LogP) is 3.28. The smallest absolute Gasteiger partial charge is 0.230 e. The SMILES string of the molecule is CC(C)(C(=O)NC1CC2(C1)CC(C(N)=O)C2)c1ccc2ccccc2c1. The summed E-state index contributed by atoms with van der Waals surface area (Å²) in [6, 6.07) is 14.7. The van der Waals surface area contributed by atoms with Crippen LogP contribution in [0.5, 0.6) is 0 Å². The Hall–Kier alpha value is -2.36. The second-order valence-electron chi connectivity index (χ2n) is 8.77. The minimum Gasteiger partial charge on any atom is -0.369 e. The molecule has 4 rings (SSSR count). The Labute approximate surface area is 154 Å². The number of rotatable bonds is 4. The van der Waals surface area contributed by atoms with Crippen molar-refractivity contribution < 1.29 is 9.59 Å². The molecule has 2 aromatic rings. The number of benzene rings is 2. The van der Waals surface area contributed by atoms with Crippen LogP contribution in [-0.4, -0.2) is 17.9 Å². The molecule has 0 heterocycles. The van der Waals surface area contributed by atoms with E-state index in [-0.39, 0.29) is 29.2 Å². The average Bonchev–Trinajstić information content (AvgIpc) is 2.54. The molecular formula is C22H26N2O2. The summed E-state index contributed by atoms with van der Waals surface area (Å²) in [5, 5.41) is 5.55. The lowest BCUT2D eigenvalue weighted by Crippen LogP contribution is -2.59. The van der Waals surface area contributed by atoms with Crippen molar-refractivity contribution in [3.8, 4) is 0 Å². The quantitative estimate of drug-likeness (QED) is 0.888. The topological polar surface area (TPSA) is 72.2 Å². The van der Waals surface area contributed by atoms with E-state index in [4.69, 9.17) is 5.73 Å². The van der Waals surface area contributed by atoms with E-state index in [0.717, 1.165) is 36.6 Å². The van der Waals surface area contributed by atoms with Crippen LogP contribution in [0.25, 0.3) is 10.8 Å². The minimum absolute atomic E-state index is 0.0423. The van der Waals surface area contributed by atoms with Gasteiger partial charge in [-0.15, -0.1) is 0 Å². The monoisotopic (exact) mass is 350 g/mol. The van der Waals surface area contributed by atoms with Crippen LogP contribution in [0.3, 0.4) is 0 Å². The van der Waals surface area contributed by atoms with Crippen LogP contribution in [0.2, 0.25) is 0 Å². The number of fused-ring (bicyclic) bond motifs is 1. The number of nitrogens with two attached hydrogens (primary N) is 1. The molecule has 0 saturated heterocycles. The van der Waals surface area contributed by atoms with E-state index in [2.05, 4.69) is 29.6 Å². The van der Waals surface area contributed by atoms with Crippen molar-refractivity contribution in [1.29, 1.82) is 0 Å². The molecule has 4 nitrogen and oxygen atoms in total. The highest BCUT2D eigenvalue weighted by Gasteiger charge is 2.55. The summed E-state index contributed by atoms with van der Waals surface area (Å²) in [5.74, 6) is -0.0698. The first kappa shape index (κ1) is 17.1. The third-order valence-corrected chi connectivity index (χ3v) is 6.49. The Kier molecular flexibility index (Phi) is 3.83. The summed E-state index contributed by atoms with van der Waals surface area (Å²) in [6.07, 6.45) is 3.72. The van der Waals surface area contributed by atoms with Crippen molar-refractivity contribution in [2.75, 3.05) is 0 Å². The molecular weight excluding hydrogens is 324 g/mol. The van der Waals surface area contributed by atoms with Gasteiger partial charge in [0.1, 0.15) is 0 Å². The number of hydrogen-bond acceptors (Lipinski definition) is 2. The molecule has 2 aliphatic rings. The number of nitrogens with one attached hydrogen (secondary N) is 1. The Morgan fingerprint density at radius 2 is 1.69 bits per heavy atom. The minimum atomic E-state index is -0.581. The summed E-state index contributed by atoms with van der Waals surface area (Å²) in [4.78, 5) is 24.1. The molecule has 4 heteroatoms. The molecule has 2 fully saturated rings. The molecule has 1 spiro atoms. The van der Waals surface area contributed by atoms with Crippen LogP contribution in [0.4, 0.5) is 0 Å². The van der Waals surface area contributed by atoms with Gasteiger partial charge >= 0.3 is 0 Å². The second-order valence-corrected chi connectivity index (χ2v) is 8.77.